The molecule has 3 rings (SSSR count). The molecule has 0 saturated carbocycles. The lowest BCUT2D eigenvalue weighted by molar-refractivity contribution is 0.0717. The fraction of sp³-hybridized carbons (Fsp3) is 0.118. The number of halogens is 4. The number of amides is 2. The first-order valence-electron chi connectivity index (χ1n) is 7.36. The molecule has 4 nitrogen and oxygen atoms in total. The molecular weight excluding hydrogens is 438 g/mol. The van der Waals surface area contributed by atoms with Gasteiger partial charge in [0, 0.05) is 5.75 Å². The molecular formula is C17H10Cl4N2O2S. The Hall–Kier alpha value is -1.24. The van der Waals surface area contributed by atoms with Gasteiger partial charge in [-0.05, 0) is 24.3 Å². The fourth-order valence-electron chi connectivity index (χ4n) is 2.30. The number of imide groups is 1. The third-order valence-corrected chi connectivity index (χ3v) is 6.13. The number of rotatable bonds is 2. The highest BCUT2D eigenvalue weighted by Gasteiger charge is 2.33. The largest absolute Gasteiger partial charge is 0.268 e. The summed E-state index contributed by atoms with van der Waals surface area (Å²) in [4.78, 5) is 31.4. The van der Waals surface area contributed by atoms with Gasteiger partial charge in [-0.3, -0.25) is 14.6 Å². The van der Waals surface area contributed by atoms with Crippen LogP contribution >= 0.6 is 58.2 Å². The van der Waals surface area contributed by atoms with Crippen LogP contribution in [0.25, 0.3) is 0 Å². The van der Waals surface area contributed by atoms with Crippen LogP contribution in [0.4, 0.5) is 0 Å². The second-order valence-corrected chi connectivity index (χ2v) is 7.79. The second-order valence-electron chi connectivity index (χ2n) is 5.16. The highest BCUT2D eigenvalue weighted by molar-refractivity contribution is 8.14. The summed E-state index contributed by atoms with van der Waals surface area (Å²) in [5.74, 6) is -0.600. The minimum Gasteiger partial charge on any atom is -0.268 e. The van der Waals surface area contributed by atoms with Crippen molar-refractivity contribution in [3.05, 3.63) is 67.6 Å². The predicted molar refractivity (Wildman–Crippen MR) is 108 cm³/mol. The van der Waals surface area contributed by atoms with Crippen LogP contribution in [0.3, 0.4) is 0 Å². The summed E-state index contributed by atoms with van der Waals surface area (Å²) in [6.45, 7) is 0.504. The Labute approximate surface area is 174 Å². The van der Waals surface area contributed by atoms with Gasteiger partial charge >= 0.3 is 0 Å². The average Bonchev–Trinajstić information content (AvgIpc) is 3.14. The number of amidine groups is 1. The second kappa shape index (κ2) is 8.19. The molecule has 2 aromatic rings. The quantitative estimate of drug-likeness (QED) is 0.556. The summed E-state index contributed by atoms with van der Waals surface area (Å²) < 4.78 is 0. The van der Waals surface area contributed by atoms with E-state index in [4.69, 9.17) is 46.4 Å². The molecule has 9 heteroatoms. The zero-order valence-electron chi connectivity index (χ0n) is 13.0. The third-order valence-electron chi connectivity index (χ3n) is 3.53. The molecule has 0 aliphatic carbocycles. The number of thioether (sulfide) groups is 1. The summed E-state index contributed by atoms with van der Waals surface area (Å²) in [5.41, 5.74) is 0.196. The van der Waals surface area contributed by atoms with Gasteiger partial charge in [-0.2, -0.15) is 0 Å². The topological polar surface area (TPSA) is 49.7 Å². The number of benzene rings is 2. The first-order valence-corrected chi connectivity index (χ1v) is 9.85. The minimum atomic E-state index is -0.633. The van der Waals surface area contributed by atoms with E-state index in [1.807, 2.05) is 0 Å². The van der Waals surface area contributed by atoms with Gasteiger partial charge in [-0.1, -0.05) is 70.3 Å². The van der Waals surface area contributed by atoms with Crippen molar-refractivity contribution < 1.29 is 9.59 Å². The van der Waals surface area contributed by atoms with Gasteiger partial charge in [0.05, 0.1) is 37.8 Å². The van der Waals surface area contributed by atoms with Crippen LogP contribution in [0.5, 0.6) is 0 Å². The van der Waals surface area contributed by atoms with Crippen molar-refractivity contribution in [3.63, 3.8) is 0 Å². The Kier molecular flexibility index (Phi) is 6.15. The number of hydrogen-bond acceptors (Lipinski definition) is 4. The van der Waals surface area contributed by atoms with Crippen molar-refractivity contribution >= 4 is 75.1 Å². The SMILES string of the molecule is O=C(c1cccc(Cl)c1Cl)N(C(=O)c1cccc(Cl)c1Cl)C1=NCCS1. The Morgan fingerprint density at radius 2 is 1.38 bits per heavy atom. The van der Waals surface area contributed by atoms with E-state index in [1.54, 1.807) is 24.3 Å². The lowest BCUT2D eigenvalue weighted by Gasteiger charge is -2.21. The molecule has 0 spiro atoms. The van der Waals surface area contributed by atoms with E-state index in [0.717, 1.165) is 4.90 Å². The van der Waals surface area contributed by atoms with Gasteiger partial charge in [0.25, 0.3) is 11.8 Å². The standard InChI is InChI=1S/C17H10Cl4N2O2S/c18-11-5-1-3-9(13(11)20)15(24)23(17-22-7-8-26-17)16(25)10-4-2-6-12(19)14(10)21/h1-6H,7-8H2. The maximum absolute atomic E-state index is 13.1. The van der Waals surface area contributed by atoms with Crippen LogP contribution in [-0.2, 0) is 0 Å². The van der Waals surface area contributed by atoms with E-state index in [1.165, 1.54) is 23.9 Å². The first-order chi connectivity index (χ1) is 12.4. The van der Waals surface area contributed by atoms with E-state index in [2.05, 4.69) is 4.99 Å². The van der Waals surface area contributed by atoms with E-state index < -0.39 is 11.8 Å². The Bertz CT molecular complexity index is 869. The van der Waals surface area contributed by atoms with Crippen molar-refractivity contribution in [2.75, 3.05) is 12.3 Å². The zero-order chi connectivity index (χ0) is 18.8. The Morgan fingerprint density at radius 3 is 1.81 bits per heavy atom. The maximum Gasteiger partial charge on any atom is 0.268 e. The van der Waals surface area contributed by atoms with Crippen molar-refractivity contribution in [2.45, 2.75) is 0 Å². The highest BCUT2D eigenvalue weighted by Crippen LogP contribution is 2.31. The van der Waals surface area contributed by atoms with E-state index in [-0.39, 0.29) is 36.4 Å². The van der Waals surface area contributed by atoms with Gasteiger partial charge < -0.3 is 0 Å². The van der Waals surface area contributed by atoms with Crippen molar-refractivity contribution in [2.24, 2.45) is 4.99 Å². The van der Waals surface area contributed by atoms with Crippen molar-refractivity contribution in [3.8, 4) is 0 Å². The lowest BCUT2D eigenvalue weighted by Crippen LogP contribution is -2.40. The molecule has 0 unspecified atom stereocenters. The number of nitrogens with zero attached hydrogens (tertiary/aromatic N) is 2. The smallest absolute Gasteiger partial charge is 0.268 e. The van der Waals surface area contributed by atoms with Gasteiger partial charge in [-0.25, -0.2) is 4.90 Å². The van der Waals surface area contributed by atoms with Gasteiger partial charge in [0.15, 0.2) is 5.17 Å². The van der Waals surface area contributed by atoms with Crippen LogP contribution in [0.2, 0.25) is 20.1 Å². The number of aliphatic imine (C=N–C) groups is 1. The maximum atomic E-state index is 13.1. The molecule has 2 aromatic carbocycles. The Balaban J connectivity index is 2.09. The molecule has 26 heavy (non-hydrogen) atoms. The minimum absolute atomic E-state index is 0.0674. The van der Waals surface area contributed by atoms with Crippen LogP contribution < -0.4 is 0 Å². The molecule has 134 valence electrons. The summed E-state index contributed by atoms with van der Waals surface area (Å²) in [7, 11) is 0. The van der Waals surface area contributed by atoms with Gasteiger partial charge in [0.2, 0.25) is 0 Å². The zero-order valence-corrected chi connectivity index (χ0v) is 16.8. The molecule has 0 N–H and O–H groups in total. The molecule has 1 heterocycles. The van der Waals surface area contributed by atoms with Crippen molar-refractivity contribution in [1.29, 1.82) is 0 Å². The summed E-state index contributed by atoms with van der Waals surface area (Å²) >= 11 is 25.6. The third kappa shape index (κ3) is 3.73. The van der Waals surface area contributed by atoms with Crippen LogP contribution in [-0.4, -0.2) is 34.2 Å². The summed E-state index contributed by atoms with van der Waals surface area (Å²) in [6.07, 6.45) is 0. The van der Waals surface area contributed by atoms with E-state index in [0.29, 0.717) is 12.3 Å². The molecule has 0 bridgehead atoms. The molecule has 0 fully saturated rings. The number of carbonyl (C=O) groups excluding carboxylic acids is 2. The average molecular weight is 448 g/mol. The molecule has 2 amide bonds. The predicted octanol–water partition coefficient (Wildman–Crippen LogP) is 5.69. The summed E-state index contributed by atoms with van der Waals surface area (Å²) in [6, 6.07) is 9.28. The molecule has 0 radical (unpaired) electrons. The highest BCUT2D eigenvalue weighted by atomic mass is 35.5. The fourth-order valence-corrected chi connectivity index (χ4v) is 3.91. The van der Waals surface area contributed by atoms with Crippen LogP contribution in [0, 0.1) is 0 Å². The van der Waals surface area contributed by atoms with Crippen LogP contribution in [0.1, 0.15) is 20.7 Å². The molecule has 0 atom stereocenters. The van der Waals surface area contributed by atoms with Crippen molar-refractivity contribution in [1.82, 2.24) is 4.90 Å². The number of carbonyl (C=O) groups is 2. The van der Waals surface area contributed by atoms with Gasteiger partial charge in [0.1, 0.15) is 0 Å². The molecule has 1 aliphatic rings. The molecule has 0 aromatic heterocycles. The summed E-state index contributed by atoms with van der Waals surface area (Å²) in [5, 5.41) is 0.848. The normalized spacial score (nSPS) is 13.5. The van der Waals surface area contributed by atoms with Gasteiger partial charge in [-0.15, -0.1) is 0 Å². The molecule has 1 aliphatic heterocycles. The van der Waals surface area contributed by atoms with E-state index >= 15 is 0 Å². The number of hydrogen-bond donors (Lipinski definition) is 0. The monoisotopic (exact) mass is 446 g/mol. The van der Waals surface area contributed by atoms with E-state index in [9.17, 15) is 9.59 Å². The Morgan fingerprint density at radius 1 is 0.885 bits per heavy atom. The lowest BCUT2D eigenvalue weighted by atomic mass is 10.1. The van der Waals surface area contributed by atoms with Crippen LogP contribution in [0.15, 0.2) is 41.4 Å². The molecule has 0 saturated heterocycles. The first kappa shape index (κ1) is 19.5.